The van der Waals surface area contributed by atoms with E-state index in [2.05, 4.69) is 19.2 Å². The van der Waals surface area contributed by atoms with E-state index >= 15 is 0 Å². The van der Waals surface area contributed by atoms with Gasteiger partial charge in [0.2, 0.25) is 5.91 Å². The number of likely N-dealkylation sites (N-methyl/N-ethyl adjacent to an activating group) is 1. The molecule has 126 valence electrons. The fraction of sp³-hybridized carbons (Fsp3) is 0.529. The predicted octanol–water partition coefficient (Wildman–Crippen LogP) is 2.40. The second kappa shape index (κ2) is 7.79. The fourth-order valence-corrected chi connectivity index (χ4v) is 2.77. The standard InChI is InChI=1S/C17H23ClN2O3/c1-11(2)8-9-20(3)17(22)16-15(19-14(21)10-23-16)12-6-4-5-7-13(12)18/h4-7,11,15-16H,8-10H2,1-3H3,(H,19,21)/t15-,16+/m1/s1. The maximum Gasteiger partial charge on any atom is 0.253 e. The van der Waals surface area contributed by atoms with Crippen LogP contribution in [0.15, 0.2) is 24.3 Å². The molecule has 23 heavy (non-hydrogen) atoms. The molecule has 1 aliphatic heterocycles. The summed E-state index contributed by atoms with van der Waals surface area (Å²) in [5.41, 5.74) is 0.692. The Morgan fingerprint density at radius 3 is 2.78 bits per heavy atom. The van der Waals surface area contributed by atoms with Crippen LogP contribution in [-0.4, -0.2) is 43.0 Å². The molecule has 0 bridgehead atoms. The van der Waals surface area contributed by atoms with Crippen molar-refractivity contribution in [2.45, 2.75) is 32.4 Å². The van der Waals surface area contributed by atoms with Crippen LogP contribution in [0.2, 0.25) is 5.02 Å². The zero-order valence-electron chi connectivity index (χ0n) is 13.7. The fourth-order valence-electron chi connectivity index (χ4n) is 2.51. The van der Waals surface area contributed by atoms with Crippen LogP contribution in [0, 0.1) is 5.92 Å². The summed E-state index contributed by atoms with van der Waals surface area (Å²) >= 11 is 6.23. The summed E-state index contributed by atoms with van der Waals surface area (Å²) in [7, 11) is 1.76. The van der Waals surface area contributed by atoms with Crippen molar-refractivity contribution in [3.05, 3.63) is 34.9 Å². The largest absolute Gasteiger partial charge is 0.356 e. The number of rotatable bonds is 5. The van der Waals surface area contributed by atoms with Gasteiger partial charge in [-0.2, -0.15) is 0 Å². The van der Waals surface area contributed by atoms with E-state index in [-0.39, 0.29) is 18.4 Å². The highest BCUT2D eigenvalue weighted by atomic mass is 35.5. The Morgan fingerprint density at radius 2 is 2.13 bits per heavy atom. The van der Waals surface area contributed by atoms with Crippen molar-refractivity contribution >= 4 is 23.4 Å². The minimum atomic E-state index is -0.759. The van der Waals surface area contributed by atoms with E-state index < -0.39 is 12.1 Å². The lowest BCUT2D eigenvalue weighted by atomic mass is 9.98. The molecule has 2 amide bonds. The third kappa shape index (κ3) is 4.45. The second-order valence-corrected chi connectivity index (χ2v) is 6.65. The number of nitrogens with one attached hydrogen (secondary N) is 1. The Bertz CT molecular complexity index is 577. The van der Waals surface area contributed by atoms with Crippen LogP contribution >= 0.6 is 11.6 Å². The van der Waals surface area contributed by atoms with Gasteiger partial charge in [-0.25, -0.2) is 0 Å². The van der Waals surface area contributed by atoms with Crippen LogP contribution in [0.5, 0.6) is 0 Å². The van der Waals surface area contributed by atoms with E-state index in [1.807, 2.05) is 12.1 Å². The highest BCUT2D eigenvalue weighted by Crippen LogP contribution is 2.29. The molecule has 1 N–H and O–H groups in total. The Balaban J connectivity index is 2.19. The molecule has 1 aromatic rings. The minimum Gasteiger partial charge on any atom is -0.356 e. The molecule has 1 fully saturated rings. The van der Waals surface area contributed by atoms with Gasteiger partial charge in [0.1, 0.15) is 6.61 Å². The Hall–Kier alpha value is -1.59. The van der Waals surface area contributed by atoms with Crippen molar-refractivity contribution in [1.29, 1.82) is 0 Å². The number of halogens is 1. The van der Waals surface area contributed by atoms with E-state index in [0.29, 0.717) is 23.0 Å². The monoisotopic (exact) mass is 338 g/mol. The van der Waals surface area contributed by atoms with Gasteiger partial charge in [-0.05, 0) is 24.0 Å². The number of hydrogen-bond acceptors (Lipinski definition) is 3. The topological polar surface area (TPSA) is 58.6 Å². The molecular formula is C17H23ClN2O3. The number of benzene rings is 1. The van der Waals surface area contributed by atoms with Crippen LogP contribution in [-0.2, 0) is 14.3 Å². The number of carbonyl (C=O) groups is 2. The van der Waals surface area contributed by atoms with Crippen molar-refractivity contribution in [2.24, 2.45) is 5.92 Å². The van der Waals surface area contributed by atoms with Crippen molar-refractivity contribution < 1.29 is 14.3 Å². The summed E-state index contributed by atoms with van der Waals surface area (Å²) in [6, 6.07) is 6.60. The van der Waals surface area contributed by atoms with Crippen LogP contribution in [0.1, 0.15) is 31.9 Å². The molecule has 1 heterocycles. The zero-order valence-corrected chi connectivity index (χ0v) is 14.5. The van der Waals surface area contributed by atoms with Gasteiger partial charge in [0.05, 0.1) is 6.04 Å². The highest BCUT2D eigenvalue weighted by Gasteiger charge is 2.38. The van der Waals surface area contributed by atoms with E-state index in [9.17, 15) is 9.59 Å². The quantitative estimate of drug-likeness (QED) is 0.897. The Kier molecular flexibility index (Phi) is 6.02. The molecule has 2 rings (SSSR count). The van der Waals surface area contributed by atoms with Crippen molar-refractivity contribution in [3.63, 3.8) is 0 Å². The maximum absolute atomic E-state index is 12.7. The van der Waals surface area contributed by atoms with Gasteiger partial charge in [-0.3, -0.25) is 9.59 Å². The first-order valence-electron chi connectivity index (χ1n) is 7.80. The first kappa shape index (κ1) is 17.8. The van der Waals surface area contributed by atoms with Gasteiger partial charge < -0.3 is 15.0 Å². The molecule has 5 nitrogen and oxygen atoms in total. The van der Waals surface area contributed by atoms with E-state index in [0.717, 1.165) is 6.42 Å². The number of hydrogen-bond donors (Lipinski definition) is 1. The molecular weight excluding hydrogens is 316 g/mol. The first-order valence-corrected chi connectivity index (χ1v) is 8.18. The predicted molar refractivity (Wildman–Crippen MR) is 89.2 cm³/mol. The normalized spacial score (nSPS) is 21.2. The van der Waals surface area contributed by atoms with Crippen LogP contribution < -0.4 is 5.32 Å². The summed E-state index contributed by atoms with van der Waals surface area (Å²) in [5, 5.41) is 3.33. The first-order chi connectivity index (χ1) is 10.9. The van der Waals surface area contributed by atoms with Crippen molar-refractivity contribution in [2.75, 3.05) is 20.2 Å². The Labute approximate surface area is 141 Å². The molecule has 1 saturated heterocycles. The number of nitrogens with zero attached hydrogens (tertiary/aromatic N) is 1. The average Bonchev–Trinajstić information content (AvgIpc) is 2.52. The number of amides is 2. The molecule has 0 radical (unpaired) electrons. The summed E-state index contributed by atoms with van der Waals surface area (Å²) in [6.45, 7) is 4.76. The van der Waals surface area contributed by atoms with Crippen molar-refractivity contribution in [1.82, 2.24) is 10.2 Å². The summed E-state index contributed by atoms with van der Waals surface area (Å²) in [5.74, 6) is 0.121. The third-order valence-corrected chi connectivity index (χ3v) is 4.26. The molecule has 6 heteroatoms. The molecule has 0 saturated carbocycles. The van der Waals surface area contributed by atoms with Crippen LogP contribution in [0.3, 0.4) is 0 Å². The van der Waals surface area contributed by atoms with Crippen LogP contribution in [0.4, 0.5) is 0 Å². The molecule has 0 aliphatic carbocycles. The molecule has 0 spiro atoms. The zero-order chi connectivity index (χ0) is 17.0. The smallest absolute Gasteiger partial charge is 0.253 e. The Morgan fingerprint density at radius 1 is 1.43 bits per heavy atom. The second-order valence-electron chi connectivity index (χ2n) is 6.24. The van der Waals surface area contributed by atoms with Crippen LogP contribution in [0.25, 0.3) is 0 Å². The maximum atomic E-state index is 12.7. The SMILES string of the molecule is CC(C)CCN(C)C(=O)[C@H]1OCC(=O)N[C@@H]1c1ccccc1Cl. The van der Waals surface area contributed by atoms with Gasteiger partial charge in [-0.1, -0.05) is 43.6 Å². The number of morpholine rings is 1. The molecule has 1 aliphatic rings. The van der Waals surface area contributed by atoms with Gasteiger partial charge in [-0.15, -0.1) is 0 Å². The van der Waals surface area contributed by atoms with Crippen molar-refractivity contribution in [3.8, 4) is 0 Å². The minimum absolute atomic E-state index is 0.116. The van der Waals surface area contributed by atoms with Gasteiger partial charge in [0.25, 0.3) is 5.91 Å². The summed E-state index contributed by atoms with van der Waals surface area (Å²) in [6.07, 6.45) is 0.155. The summed E-state index contributed by atoms with van der Waals surface area (Å²) < 4.78 is 5.54. The molecule has 0 aromatic heterocycles. The third-order valence-electron chi connectivity index (χ3n) is 3.91. The average molecular weight is 339 g/mol. The lowest BCUT2D eigenvalue weighted by Crippen LogP contribution is -2.53. The number of carbonyl (C=O) groups excluding carboxylic acids is 2. The van der Waals surface area contributed by atoms with E-state index in [1.165, 1.54) is 0 Å². The van der Waals surface area contributed by atoms with E-state index in [1.54, 1.807) is 24.1 Å². The molecule has 1 aromatic carbocycles. The van der Waals surface area contributed by atoms with Gasteiger partial charge >= 0.3 is 0 Å². The summed E-state index contributed by atoms with van der Waals surface area (Å²) in [4.78, 5) is 26.1. The molecule has 2 atom stereocenters. The molecule has 0 unspecified atom stereocenters. The van der Waals surface area contributed by atoms with Gasteiger partial charge in [0.15, 0.2) is 6.10 Å². The lowest BCUT2D eigenvalue weighted by Gasteiger charge is -2.34. The lowest BCUT2D eigenvalue weighted by molar-refractivity contribution is -0.154. The number of ether oxygens (including phenoxy) is 1. The highest BCUT2D eigenvalue weighted by molar-refractivity contribution is 6.31. The van der Waals surface area contributed by atoms with E-state index in [4.69, 9.17) is 16.3 Å². The van der Waals surface area contributed by atoms with Gasteiger partial charge in [0, 0.05) is 18.6 Å².